The van der Waals surface area contributed by atoms with Crippen LogP contribution in [-0.2, 0) is 6.54 Å². The SMILES string of the molecule is O=c1c(-c2nn[nH]n2)c2cccccc-2n1Cc1ccc(F)cc1. The quantitative estimate of drug-likeness (QED) is 0.628. The number of halogens is 1. The number of rotatable bonds is 3. The summed E-state index contributed by atoms with van der Waals surface area (Å²) in [5, 5.41) is 13.8. The lowest BCUT2D eigenvalue weighted by Crippen LogP contribution is -2.17. The molecule has 0 radical (unpaired) electrons. The van der Waals surface area contributed by atoms with Crippen molar-refractivity contribution in [2.24, 2.45) is 0 Å². The molecule has 0 amide bonds. The summed E-state index contributed by atoms with van der Waals surface area (Å²) in [7, 11) is 0. The molecule has 7 heteroatoms. The molecule has 0 bridgehead atoms. The molecular formula is C17H12FN5O. The molecule has 0 spiro atoms. The molecular weight excluding hydrogens is 309 g/mol. The average molecular weight is 321 g/mol. The van der Waals surface area contributed by atoms with Gasteiger partial charge < -0.3 is 4.57 Å². The zero-order valence-electron chi connectivity index (χ0n) is 12.5. The van der Waals surface area contributed by atoms with Crippen LogP contribution >= 0.6 is 0 Å². The van der Waals surface area contributed by atoms with Gasteiger partial charge in [-0.1, -0.05) is 36.4 Å². The molecule has 4 rings (SSSR count). The van der Waals surface area contributed by atoms with Crippen LogP contribution < -0.4 is 5.56 Å². The highest BCUT2D eigenvalue weighted by atomic mass is 19.1. The predicted molar refractivity (Wildman–Crippen MR) is 86.0 cm³/mol. The molecule has 1 aliphatic carbocycles. The summed E-state index contributed by atoms with van der Waals surface area (Å²) in [4.78, 5) is 12.9. The molecule has 1 aromatic heterocycles. The van der Waals surface area contributed by atoms with Crippen molar-refractivity contribution in [1.29, 1.82) is 0 Å². The van der Waals surface area contributed by atoms with Crippen molar-refractivity contribution in [1.82, 2.24) is 25.2 Å². The second-order valence-electron chi connectivity index (χ2n) is 5.34. The molecule has 24 heavy (non-hydrogen) atoms. The van der Waals surface area contributed by atoms with Crippen LogP contribution in [0.4, 0.5) is 4.39 Å². The van der Waals surface area contributed by atoms with Crippen LogP contribution in [0.25, 0.3) is 22.6 Å². The van der Waals surface area contributed by atoms with E-state index in [-0.39, 0.29) is 17.2 Å². The molecule has 0 unspecified atom stereocenters. The number of benzene rings is 1. The average Bonchev–Trinajstić information content (AvgIpc) is 3.10. The Bertz CT molecular complexity index is 1010. The highest BCUT2D eigenvalue weighted by Gasteiger charge is 2.23. The molecule has 0 fully saturated rings. The van der Waals surface area contributed by atoms with Gasteiger partial charge in [-0.05, 0) is 29.0 Å². The molecule has 0 saturated heterocycles. The number of aromatic nitrogens is 5. The van der Waals surface area contributed by atoms with E-state index in [1.165, 1.54) is 12.1 Å². The summed E-state index contributed by atoms with van der Waals surface area (Å²) in [6.07, 6.45) is 0. The summed E-state index contributed by atoms with van der Waals surface area (Å²) in [5.74, 6) is -0.0496. The minimum Gasteiger partial charge on any atom is -0.303 e. The van der Waals surface area contributed by atoms with Crippen LogP contribution in [0.3, 0.4) is 0 Å². The molecule has 1 aliphatic heterocycles. The largest absolute Gasteiger partial charge is 0.303 e. The standard InChI is InChI=1S/C17H12FN5O/c18-12-8-6-11(7-9-12)10-23-14-5-3-1-2-4-13(14)15(17(23)24)16-19-21-22-20-16/h1-9H,10H2,(H,19,20,21,22). The fourth-order valence-electron chi connectivity index (χ4n) is 2.76. The number of hydrogen-bond donors (Lipinski definition) is 1. The van der Waals surface area contributed by atoms with E-state index in [1.54, 1.807) is 16.7 Å². The van der Waals surface area contributed by atoms with Crippen LogP contribution in [0, 0.1) is 5.82 Å². The first kappa shape index (κ1) is 14.3. The van der Waals surface area contributed by atoms with E-state index < -0.39 is 0 Å². The first-order valence-corrected chi connectivity index (χ1v) is 7.34. The van der Waals surface area contributed by atoms with E-state index in [9.17, 15) is 9.18 Å². The van der Waals surface area contributed by atoms with Gasteiger partial charge in [0.15, 0.2) is 0 Å². The number of aromatic amines is 1. The van der Waals surface area contributed by atoms with Gasteiger partial charge >= 0.3 is 0 Å². The third kappa shape index (κ3) is 2.36. The zero-order valence-corrected chi connectivity index (χ0v) is 12.5. The Labute approximate surface area is 135 Å². The van der Waals surface area contributed by atoms with Gasteiger partial charge in [0.05, 0.1) is 17.8 Å². The minimum atomic E-state index is -0.308. The highest BCUT2D eigenvalue weighted by molar-refractivity contribution is 5.80. The fraction of sp³-hybridized carbons (Fsp3) is 0.0588. The Morgan fingerprint density at radius 3 is 2.58 bits per heavy atom. The third-order valence-electron chi connectivity index (χ3n) is 3.86. The van der Waals surface area contributed by atoms with Crippen molar-refractivity contribution in [3.05, 3.63) is 76.3 Å². The maximum Gasteiger partial charge on any atom is 0.263 e. The van der Waals surface area contributed by atoms with E-state index in [0.717, 1.165) is 16.8 Å². The van der Waals surface area contributed by atoms with Crippen molar-refractivity contribution in [3.63, 3.8) is 0 Å². The van der Waals surface area contributed by atoms with E-state index in [4.69, 9.17) is 0 Å². The van der Waals surface area contributed by atoms with Crippen LogP contribution in [0.1, 0.15) is 5.56 Å². The maximum atomic E-state index is 13.1. The summed E-state index contributed by atoms with van der Waals surface area (Å²) in [6.45, 7) is 0.331. The summed E-state index contributed by atoms with van der Waals surface area (Å²) >= 11 is 0. The Hall–Kier alpha value is -3.35. The Morgan fingerprint density at radius 2 is 1.83 bits per heavy atom. The topological polar surface area (TPSA) is 76.5 Å². The molecule has 2 aliphatic rings. The van der Waals surface area contributed by atoms with Gasteiger partial charge in [-0.3, -0.25) is 4.79 Å². The third-order valence-corrected chi connectivity index (χ3v) is 3.86. The van der Waals surface area contributed by atoms with Crippen molar-refractivity contribution in [2.45, 2.75) is 6.54 Å². The monoisotopic (exact) mass is 321 g/mol. The smallest absolute Gasteiger partial charge is 0.263 e. The molecule has 1 aromatic carbocycles. The number of hydrogen-bond acceptors (Lipinski definition) is 4. The normalized spacial score (nSPS) is 11.0. The molecule has 6 nitrogen and oxygen atoms in total. The van der Waals surface area contributed by atoms with Gasteiger partial charge in [0.25, 0.3) is 5.56 Å². The van der Waals surface area contributed by atoms with E-state index in [2.05, 4.69) is 20.6 Å². The molecule has 0 atom stereocenters. The summed E-state index contributed by atoms with van der Waals surface area (Å²) in [6, 6.07) is 15.4. The summed E-state index contributed by atoms with van der Waals surface area (Å²) in [5.41, 5.74) is 2.53. The lowest BCUT2D eigenvalue weighted by Gasteiger charge is -2.06. The number of tetrazole rings is 1. The molecule has 0 saturated carbocycles. The minimum absolute atomic E-state index is 0.207. The number of nitrogens with zero attached hydrogens (tertiary/aromatic N) is 4. The van der Waals surface area contributed by atoms with Crippen molar-refractivity contribution >= 4 is 0 Å². The molecule has 2 aromatic rings. The Morgan fingerprint density at radius 1 is 1.04 bits per heavy atom. The van der Waals surface area contributed by atoms with E-state index in [0.29, 0.717) is 12.1 Å². The zero-order chi connectivity index (χ0) is 16.5. The van der Waals surface area contributed by atoms with E-state index >= 15 is 0 Å². The highest BCUT2D eigenvalue weighted by Crippen LogP contribution is 2.29. The fourth-order valence-corrected chi connectivity index (χ4v) is 2.76. The number of nitrogens with one attached hydrogen (secondary N) is 1. The van der Waals surface area contributed by atoms with Gasteiger partial charge in [0, 0.05) is 5.56 Å². The molecule has 1 N–H and O–H groups in total. The van der Waals surface area contributed by atoms with Gasteiger partial charge in [0.1, 0.15) is 5.82 Å². The van der Waals surface area contributed by atoms with E-state index in [1.807, 2.05) is 30.3 Å². The summed E-state index contributed by atoms with van der Waals surface area (Å²) < 4.78 is 14.7. The lowest BCUT2D eigenvalue weighted by atomic mass is 10.1. The number of fused-ring (bicyclic) bond motifs is 1. The number of H-pyrrole nitrogens is 1. The molecule has 118 valence electrons. The van der Waals surface area contributed by atoms with Crippen LogP contribution in [0.2, 0.25) is 0 Å². The van der Waals surface area contributed by atoms with Crippen LogP contribution in [0.5, 0.6) is 0 Å². The van der Waals surface area contributed by atoms with Crippen molar-refractivity contribution in [2.75, 3.05) is 0 Å². The van der Waals surface area contributed by atoms with Crippen molar-refractivity contribution < 1.29 is 4.39 Å². The van der Waals surface area contributed by atoms with Gasteiger partial charge in [-0.25, -0.2) is 4.39 Å². The van der Waals surface area contributed by atoms with Gasteiger partial charge in [-0.2, -0.15) is 5.21 Å². The first-order valence-electron chi connectivity index (χ1n) is 7.34. The van der Waals surface area contributed by atoms with Crippen LogP contribution in [-0.4, -0.2) is 25.2 Å². The van der Waals surface area contributed by atoms with Gasteiger partial charge in [-0.15, -0.1) is 10.2 Å². The van der Waals surface area contributed by atoms with Crippen LogP contribution in [0.15, 0.2) is 59.4 Å². The Balaban J connectivity index is 1.91. The maximum absolute atomic E-state index is 13.1. The Kier molecular flexibility index (Phi) is 3.38. The van der Waals surface area contributed by atoms with Crippen molar-refractivity contribution in [3.8, 4) is 22.6 Å². The molecule has 2 heterocycles. The predicted octanol–water partition coefficient (Wildman–Crippen LogP) is 2.32. The lowest BCUT2D eigenvalue weighted by molar-refractivity contribution is 0.626. The second kappa shape index (κ2) is 5.69. The second-order valence-corrected chi connectivity index (χ2v) is 5.34. The first-order chi connectivity index (χ1) is 11.7. The van der Waals surface area contributed by atoms with Gasteiger partial charge in [0.2, 0.25) is 5.82 Å².